The molecule has 3 nitrogen and oxygen atoms in total. The molecule has 1 N–H and O–H groups in total. The lowest BCUT2D eigenvalue weighted by Gasteiger charge is -2.27. The molecule has 0 bridgehead atoms. The molecule has 0 saturated carbocycles. The Bertz CT molecular complexity index is 361. The van der Waals surface area contributed by atoms with Crippen molar-refractivity contribution in [2.75, 3.05) is 18.0 Å². The van der Waals surface area contributed by atoms with Crippen molar-refractivity contribution >= 4 is 5.82 Å². The maximum Gasteiger partial charge on any atom is 0.129 e. The molecule has 0 unspecified atom stereocenters. The highest BCUT2D eigenvalue weighted by molar-refractivity contribution is 5.43. The van der Waals surface area contributed by atoms with Crippen molar-refractivity contribution in [2.45, 2.75) is 53.6 Å². The first-order chi connectivity index (χ1) is 8.62. The van der Waals surface area contributed by atoms with Gasteiger partial charge >= 0.3 is 0 Å². The summed E-state index contributed by atoms with van der Waals surface area (Å²) >= 11 is 0. The van der Waals surface area contributed by atoms with Gasteiger partial charge in [0.05, 0.1) is 0 Å². The van der Waals surface area contributed by atoms with Gasteiger partial charge in [0.1, 0.15) is 5.82 Å². The van der Waals surface area contributed by atoms with Gasteiger partial charge in [0.15, 0.2) is 0 Å². The summed E-state index contributed by atoms with van der Waals surface area (Å²) in [5.41, 5.74) is 2.51. The van der Waals surface area contributed by atoms with Gasteiger partial charge in [-0.15, -0.1) is 0 Å². The van der Waals surface area contributed by atoms with E-state index in [0.717, 1.165) is 31.9 Å². The Kier molecular flexibility index (Phi) is 6.13. The summed E-state index contributed by atoms with van der Waals surface area (Å²) in [4.78, 5) is 7.09. The zero-order chi connectivity index (χ0) is 13.5. The van der Waals surface area contributed by atoms with Crippen LogP contribution in [0.25, 0.3) is 0 Å². The first kappa shape index (κ1) is 15.0. The van der Waals surface area contributed by atoms with E-state index in [0.29, 0.717) is 6.04 Å². The summed E-state index contributed by atoms with van der Waals surface area (Å²) in [7, 11) is 0. The zero-order valence-corrected chi connectivity index (χ0v) is 12.5. The molecule has 0 aliphatic heterocycles. The first-order valence-corrected chi connectivity index (χ1v) is 7.09. The van der Waals surface area contributed by atoms with E-state index in [4.69, 9.17) is 4.98 Å². The molecule has 0 aliphatic carbocycles. The minimum Gasteiger partial charge on any atom is -0.354 e. The molecule has 0 saturated heterocycles. The van der Waals surface area contributed by atoms with E-state index >= 15 is 0 Å². The Balaban J connectivity index is 3.02. The van der Waals surface area contributed by atoms with E-state index < -0.39 is 0 Å². The van der Waals surface area contributed by atoms with E-state index in [1.807, 2.05) is 0 Å². The fraction of sp³-hybridized carbons (Fsp3) is 0.667. The Morgan fingerprint density at radius 2 is 1.94 bits per heavy atom. The SMILES string of the molecule is CCNCc1cc(CC)nc(N(CC)C(C)C)c1. The lowest BCUT2D eigenvalue weighted by Crippen LogP contribution is -2.31. The molecule has 0 atom stereocenters. The lowest BCUT2D eigenvalue weighted by molar-refractivity contribution is 0.685. The summed E-state index contributed by atoms with van der Waals surface area (Å²) in [5, 5.41) is 3.38. The third-order valence-corrected chi connectivity index (χ3v) is 3.12. The number of hydrogen-bond donors (Lipinski definition) is 1. The van der Waals surface area contributed by atoms with Crippen LogP contribution in [-0.4, -0.2) is 24.1 Å². The maximum absolute atomic E-state index is 4.75. The summed E-state index contributed by atoms with van der Waals surface area (Å²) in [5.74, 6) is 1.11. The number of aryl methyl sites for hydroxylation is 1. The third-order valence-electron chi connectivity index (χ3n) is 3.12. The zero-order valence-electron chi connectivity index (χ0n) is 12.5. The topological polar surface area (TPSA) is 28.2 Å². The molecule has 0 amide bonds. The molecular weight excluding hydrogens is 222 g/mol. The number of nitrogens with zero attached hydrogens (tertiary/aromatic N) is 2. The maximum atomic E-state index is 4.75. The van der Waals surface area contributed by atoms with E-state index in [1.165, 1.54) is 11.3 Å². The highest BCUT2D eigenvalue weighted by Gasteiger charge is 2.11. The Hall–Kier alpha value is -1.09. The highest BCUT2D eigenvalue weighted by atomic mass is 15.2. The second kappa shape index (κ2) is 7.37. The summed E-state index contributed by atoms with van der Waals surface area (Å²) in [6.45, 7) is 13.8. The first-order valence-electron chi connectivity index (χ1n) is 7.09. The minimum atomic E-state index is 0.488. The quantitative estimate of drug-likeness (QED) is 0.805. The van der Waals surface area contributed by atoms with Crippen LogP contribution in [0, 0.1) is 0 Å². The van der Waals surface area contributed by atoms with Crippen LogP contribution in [0.2, 0.25) is 0 Å². The number of aromatic nitrogens is 1. The van der Waals surface area contributed by atoms with Gasteiger partial charge in [0.2, 0.25) is 0 Å². The largest absolute Gasteiger partial charge is 0.354 e. The van der Waals surface area contributed by atoms with E-state index in [1.54, 1.807) is 0 Å². The Morgan fingerprint density at radius 3 is 2.44 bits per heavy atom. The van der Waals surface area contributed by atoms with Gasteiger partial charge in [-0.3, -0.25) is 0 Å². The van der Waals surface area contributed by atoms with Crippen molar-refractivity contribution in [1.82, 2.24) is 10.3 Å². The Morgan fingerprint density at radius 1 is 1.22 bits per heavy atom. The fourth-order valence-electron chi connectivity index (χ4n) is 2.12. The molecule has 0 radical (unpaired) electrons. The predicted molar refractivity (Wildman–Crippen MR) is 79.2 cm³/mol. The molecular formula is C15H27N3. The van der Waals surface area contributed by atoms with Crippen molar-refractivity contribution in [3.8, 4) is 0 Å². The average Bonchev–Trinajstić information content (AvgIpc) is 2.36. The Labute approximate surface area is 112 Å². The van der Waals surface area contributed by atoms with Crippen LogP contribution in [0.5, 0.6) is 0 Å². The molecule has 0 aliphatic rings. The van der Waals surface area contributed by atoms with E-state index in [-0.39, 0.29) is 0 Å². The molecule has 1 aromatic heterocycles. The van der Waals surface area contributed by atoms with Crippen LogP contribution in [-0.2, 0) is 13.0 Å². The molecule has 0 fully saturated rings. The van der Waals surface area contributed by atoms with Crippen LogP contribution < -0.4 is 10.2 Å². The number of rotatable bonds is 7. The fourth-order valence-corrected chi connectivity index (χ4v) is 2.12. The molecule has 102 valence electrons. The van der Waals surface area contributed by atoms with Crippen LogP contribution in [0.15, 0.2) is 12.1 Å². The van der Waals surface area contributed by atoms with Crippen LogP contribution in [0.4, 0.5) is 5.82 Å². The lowest BCUT2D eigenvalue weighted by atomic mass is 10.1. The van der Waals surface area contributed by atoms with Gasteiger partial charge in [0, 0.05) is 24.8 Å². The highest BCUT2D eigenvalue weighted by Crippen LogP contribution is 2.18. The van der Waals surface area contributed by atoms with Gasteiger partial charge in [-0.25, -0.2) is 4.98 Å². The molecule has 18 heavy (non-hydrogen) atoms. The van der Waals surface area contributed by atoms with Gasteiger partial charge in [0.25, 0.3) is 0 Å². The summed E-state index contributed by atoms with van der Waals surface area (Å²) < 4.78 is 0. The molecule has 1 aromatic rings. The van der Waals surface area contributed by atoms with E-state index in [2.05, 4.69) is 57.0 Å². The monoisotopic (exact) mass is 249 g/mol. The molecule has 0 aromatic carbocycles. The van der Waals surface area contributed by atoms with Crippen molar-refractivity contribution in [3.05, 3.63) is 23.4 Å². The predicted octanol–water partition coefficient (Wildman–Crippen LogP) is 2.99. The molecule has 3 heteroatoms. The second-order valence-electron chi connectivity index (χ2n) is 4.84. The van der Waals surface area contributed by atoms with E-state index in [9.17, 15) is 0 Å². The number of pyridine rings is 1. The van der Waals surface area contributed by atoms with Crippen molar-refractivity contribution in [3.63, 3.8) is 0 Å². The average molecular weight is 249 g/mol. The molecule has 1 heterocycles. The number of hydrogen-bond acceptors (Lipinski definition) is 3. The van der Waals surface area contributed by atoms with Gasteiger partial charge in [-0.2, -0.15) is 0 Å². The standard InChI is InChI=1S/C15H27N3/c1-6-14-9-13(11-16-7-2)10-15(17-14)18(8-3)12(4)5/h9-10,12,16H,6-8,11H2,1-5H3. The second-order valence-corrected chi connectivity index (χ2v) is 4.84. The van der Waals surface area contributed by atoms with Gasteiger partial charge < -0.3 is 10.2 Å². The third kappa shape index (κ3) is 3.98. The van der Waals surface area contributed by atoms with Gasteiger partial charge in [-0.05, 0) is 51.4 Å². The van der Waals surface area contributed by atoms with Crippen LogP contribution in [0.3, 0.4) is 0 Å². The van der Waals surface area contributed by atoms with Crippen LogP contribution in [0.1, 0.15) is 45.9 Å². The van der Waals surface area contributed by atoms with Crippen LogP contribution >= 0.6 is 0 Å². The summed E-state index contributed by atoms with van der Waals surface area (Å²) in [6.07, 6.45) is 0.989. The number of nitrogens with one attached hydrogen (secondary N) is 1. The van der Waals surface area contributed by atoms with Crippen molar-refractivity contribution < 1.29 is 0 Å². The number of anilines is 1. The van der Waals surface area contributed by atoms with Crippen molar-refractivity contribution in [2.24, 2.45) is 0 Å². The molecule has 1 rings (SSSR count). The smallest absolute Gasteiger partial charge is 0.129 e. The summed E-state index contributed by atoms with van der Waals surface area (Å²) in [6, 6.07) is 4.91. The molecule has 0 spiro atoms. The van der Waals surface area contributed by atoms with Crippen molar-refractivity contribution in [1.29, 1.82) is 0 Å². The normalized spacial score (nSPS) is 11.0. The van der Waals surface area contributed by atoms with Gasteiger partial charge in [-0.1, -0.05) is 13.8 Å². The minimum absolute atomic E-state index is 0.488.